The first kappa shape index (κ1) is 9.74. The fourth-order valence-electron chi connectivity index (χ4n) is 1.00. The Kier molecular flexibility index (Phi) is 2.21. The molecule has 0 atom stereocenters. The maximum absolute atomic E-state index is 10.7. The second kappa shape index (κ2) is 3.41. The van der Waals surface area contributed by atoms with Gasteiger partial charge in [0.15, 0.2) is 5.82 Å². The van der Waals surface area contributed by atoms with Crippen LogP contribution in [-0.4, -0.2) is 33.1 Å². The smallest absolute Gasteiger partial charge is 0.279 e. The van der Waals surface area contributed by atoms with Crippen molar-refractivity contribution in [3.05, 3.63) is 24.5 Å². The van der Waals surface area contributed by atoms with Crippen LogP contribution in [0.3, 0.4) is 0 Å². The average Bonchev–Trinajstić information content (AvgIpc) is 2.67. The molecule has 0 saturated heterocycles. The van der Waals surface area contributed by atoms with Crippen LogP contribution in [0.15, 0.2) is 29.7 Å². The van der Waals surface area contributed by atoms with E-state index in [2.05, 4.69) is 20.2 Å². The molecular weight excluding hydrogens is 220 g/mol. The molecule has 0 unspecified atom stereocenters. The summed E-state index contributed by atoms with van der Waals surface area (Å²) in [4.78, 5) is 7.42. The minimum atomic E-state index is -4.36. The summed E-state index contributed by atoms with van der Waals surface area (Å²) < 4.78 is 30.0. The number of pyridine rings is 1. The van der Waals surface area contributed by atoms with E-state index in [4.69, 9.17) is 4.55 Å². The van der Waals surface area contributed by atoms with Crippen LogP contribution in [0.25, 0.3) is 11.4 Å². The first-order chi connectivity index (χ1) is 7.07. The number of nitrogens with one attached hydrogen (secondary N) is 1. The van der Waals surface area contributed by atoms with Crippen LogP contribution in [0.1, 0.15) is 0 Å². The summed E-state index contributed by atoms with van der Waals surface area (Å²) in [5.41, 5.74) is 0.632. The average molecular weight is 226 g/mol. The quantitative estimate of drug-likeness (QED) is 0.703. The van der Waals surface area contributed by atoms with Gasteiger partial charge in [0.05, 0.1) is 0 Å². The van der Waals surface area contributed by atoms with Crippen molar-refractivity contribution in [1.82, 2.24) is 20.2 Å². The Hall–Kier alpha value is -1.80. The van der Waals surface area contributed by atoms with Gasteiger partial charge in [-0.15, -0.1) is 5.10 Å². The summed E-state index contributed by atoms with van der Waals surface area (Å²) in [7, 11) is -4.36. The van der Waals surface area contributed by atoms with Crippen molar-refractivity contribution in [2.45, 2.75) is 5.16 Å². The third-order valence-electron chi connectivity index (χ3n) is 1.65. The van der Waals surface area contributed by atoms with Crippen LogP contribution in [0, 0.1) is 0 Å². The third-order valence-corrected chi connectivity index (χ3v) is 2.29. The number of aromatic nitrogens is 4. The summed E-state index contributed by atoms with van der Waals surface area (Å²) in [6.45, 7) is 0. The molecule has 8 heteroatoms. The molecule has 2 aromatic rings. The second-order valence-corrected chi connectivity index (χ2v) is 3.99. The van der Waals surface area contributed by atoms with E-state index in [0.717, 1.165) is 0 Å². The molecule has 2 rings (SSSR count). The van der Waals surface area contributed by atoms with Crippen LogP contribution >= 0.6 is 0 Å². The molecule has 0 saturated carbocycles. The summed E-state index contributed by atoms with van der Waals surface area (Å²) in [5, 5.41) is 5.13. The second-order valence-electron chi connectivity index (χ2n) is 2.68. The largest absolute Gasteiger partial charge is 0.332 e. The molecule has 78 valence electrons. The normalized spacial score (nSPS) is 11.5. The number of rotatable bonds is 2. The zero-order chi connectivity index (χ0) is 10.9. The Balaban J connectivity index is 2.46. The highest BCUT2D eigenvalue weighted by molar-refractivity contribution is 7.85. The summed E-state index contributed by atoms with van der Waals surface area (Å²) in [6, 6.07) is 3.27. The van der Waals surface area contributed by atoms with Gasteiger partial charge in [-0.3, -0.25) is 14.6 Å². The topological polar surface area (TPSA) is 109 Å². The van der Waals surface area contributed by atoms with E-state index >= 15 is 0 Å². The Morgan fingerprint density at radius 3 is 2.47 bits per heavy atom. The van der Waals surface area contributed by atoms with Crippen LogP contribution in [0.2, 0.25) is 0 Å². The van der Waals surface area contributed by atoms with Gasteiger partial charge in [-0.2, -0.15) is 13.4 Å². The minimum Gasteiger partial charge on any atom is -0.279 e. The number of hydrogen-bond donors (Lipinski definition) is 2. The lowest BCUT2D eigenvalue weighted by Gasteiger charge is -1.91. The van der Waals surface area contributed by atoms with Crippen LogP contribution < -0.4 is 0 Å². The Bertz CT molecular complexity index is 563. The molecule has 2 aromatic heterocycles. The lowest BCUT2D eigenvalue weighted by atomic mass is 10.3. The molecule has 0 aromatic carbocycles. The molecule has 0 aliphatic carbocycles. The highest BCUT2D eigenvalue weighted by Crippen LogP contribution is 2.13. The number of H-pyrrole nitrogens is 1. The van der Waals surface area contributed by atoms with Gasteiger partial charge in [-0.05, 0) is 12.1 Å². The van der Waals surface area contributed by atoms with E-state index in [1.165, 1.54) is 12.4 Å². The molecule has 7 nitrogen and oxygen atoms in total. The van der Waals surface area contributed by atoms with Crippen molar-refractivity contribution in [2.24, 2.45) is 0 Å². The van der Waals surface area contributed by atoms with Crippen molar-refractivity contribution >= 4 is 10.1 Å². The van der Waals surface area contributed by atoms with E-state index < -0.39 is 15.3 Å². The van der Waals surface area contributed by atoms with Gasteiger partial charge in [0.1, 0.15) is 0 Å². The number of aromatic amines is 1. The van der Waals surface area contributed by atoms with Gasteiger partial charge in [0.25, 0.3) is 5.16 Å². The van der Waals surface area contributed by atoms with E-state index in [9.17, 15) is 8.42 Å². The van der Waals surface area contributed by atoms with Gasteiger partial charge >= 0.3 is 10.1 Å². The molecule has 2 heterocycles. The van der Waals surface area contributed by atoms with Crippen LogP contribution in [0.4, 0.5) is 0 Å². The minimum absolute atomic E-state index is 0.255. The zero-order valence-electron chi connectivity index (χ0n) is 7.32. The maximum Gasteiger partial charge on any atom is 0.332 e. The van der Waals surface area contributed by atoms with Gasteiger partial charge in [0.2, 0.25) is 0 Å². The molecule has 0 radical (unpaired) electrons. The molecule has 0 amide bonds. The molecule has 2 N–H and O–H groups in total. The molecule has 0 aliphatic rings. The van der Waals surface area contributed by atoms with E-state index in [1.54, 1.807) is 12.1 Å². The fourth-order valence-corrected chi connectivity index (χ4v) is 1.37. The Morgan fingerprint density at radius 1 is 1.27 bits per heavy atom. The van der Waals surface area contributed by atoms with Crippen molar-refractivity contribution in [2.75, 3.05) is 0 Å². The lowest BCUT2D eigenvalue weighted by Crippen LogP contribution is -2.00. The van der Waals surface area contributed by atoms with Gasteiger partial charge in [-0.25, -0.2) is 0 Å². The number of nitrogens with zero attached hydrogens (tertiary/aromatic N) is 3. The highest BCUT2D eigenvalue weighted by atomic mass is 32.2. The highest BCUT2D eigenvalue weighted by Gasteiger charge is 2.16. The maximum atomic E-state index is 10.7. The first-order valence-electron chi connectivity index (χ1n) is 3.87. The predicted molar refractivity (Wildman–Crippen MR) is 49.4 cm³/mol. The van der Waals surface area contributed by atoms with E-state index in [-0.39, 0.29) is 5.82 Å². The number of hydrogen-bond acceptors (Lipinski definition) is 5. The monoisotopic (exact) mass is 226 g/mol. The molecule has 0 aliphatic heterocycles. The summed E-state index contributed by atoms with van der Waals surface area (Å²) in [6.07, 6.45) is 3.07. The first-order valence-corrected chi connectivity index (χ1v) is 5.31. The van der Waals surface area contributed by atoms with E-state index in [0.29, 0.717) is 5.56 Å². The van der Waals surface area contributed by atoms with Crippen molar-refractivity contribution in [1.29, 1.82) is 0 Å². The predicted octanol–water partition coefficient (Wildman–Crippen LogP) is 0.113. The van der Waals surface area contributed by atoms with Crippen LogP contribution in [-0.2, 0) is 10.1 Å². The Morgan fingerprint density at radius 2 is 1.93 bits per heavy atom. The van der Waals surface area contributed by atoms with Gasteiger partial charge in [-0.1, -0.05) is 0 Å². The van der Waals surface area contributed by atoms with Crippen molar-refractivity contribution in [3.63, 3.8) is 0 Å². The zero-order valence-corrected chi connectivity index (χ0v) is 8.14. The molecule has 0 fully saturated rings. The SMILES string of the molecule is O=S(=O)(O)c1n[nH]c(-c2ccncc2)n1. The van der Waals surface area contributed by atoms with Gasteiger partial charge < -0.3 is 0 Å². The molecule has 0 spiro atoms. The Labute approximate surface area is 85.0 Å². The van der Waals surface area contributed by atoms with Crippen molar-refractivity contribution in [3.8, 4) is 11.4 Å². The van der Waals surface area contributed by atoms with Gasteiger partial charge in [0, 0.05) is 18.0 Å². The standard InChI is InChI=1S/C7H6N4O3S/c12-15(13,14)7-9-6(10-11-7)5-1-3-8-4-2-5/h1-4H,(H,9,10,11)(H,12,13,14). The summed E-state index contributed by atoms with van der Waals surface area (Å²) >= 11 is 0. The van der Waals surface area contributed by atoms with E-state index in [1.807, 2.05) is 0 Å². The van der Waals surface area contributed by atoms with Crippen molar-refractivity contribution < 1.29 is 13.0 Å². The molecular formula is C7H6N4O3S. The summed E-state index contributed by atoms with van der Waals surface area (Å²) in [5.74, 6) is 0.255. The third kappa shape index (κ3) is 2.00. The fraction of sp³-hybridized carbons (Fsp3) is 0. The molecule has 15 heavy (non-hydrogen) atoms. The molecule has 0 bridgehead atoms. The van der Waals surface area contributed by atoms with Crippen LogP contribution in [0.5, 0.6) is 0 Å². The lowest BCUT2D eigenvalue weighted by molar-refractivity contribution is 0.475.